The minimum Gasteiger partial charge on any atom is -0.454 e. The van der Waals surface area contributed by atoms with Crippen LogP contribution in [0.25, 0.3) is 0 Å². The van der Waals surface area contributed by atoms with Crippen LogP contribution in [-0.4, -0.2) is 15.2 Å². The SMILES string of the molecule is O=S(=O)(NCc1cccc2c1OCO2)c1ccc2c(c1)CCC2. The monoisotopic (exact) mass is 331 g/mol. The molecule has 4 rings (SSSR count). The first kappa shape index (κ1) is 14.5. The number of sulfonamides is 1. The molecular formula is C17H17NO4S. The van der Waals surface area contributed by atoms with Crippen LogP contribution in [0, 0.1) is 0 Å². The van der Waals surface area contributed by atoms with E-state index >= 15 is 0 Å². The summed E-state index contributed by atoms with van der Waals surface area (Å²) in [6.07, 6.45) is 3.09. The molecule has 6 heteroatoms. The third-order valence-corrected chi connectivity index (χ3v) is 5.71. The highest BCUT2D eigenvalue weighted by Crippen LogP contribution is 2.35. The Balaban J connectivity index is 1.55. The van der Waals surface area contributed by atoms with Crippen LogP contribution in [0.1, 0.15) is 23.1 Å². The lowest BCUT2D eigenvalue weighted by molar-refractivity contribution is 0.173. The van der Waals surface area contributed by atoms with Gasteiger partial charge in [-0.2, -0.15) is 0 Å². The number of aryl methyl sites for hydroxylation is 2. The van der Waals surface area contributed by atoms with Gasteiger partial charge in [0.2, 0.25) is 16.8 Å². The van der Waals surface area contributed by atoms with E-state index in [0.29, 0.717) is 16.4 Å². The highest BCUT2D eigenvalue weighted by atomic mass is 32.2. The van der Waals surface area contributed by atoms with E-state index in [4.69, 9.17) is 9.47 Å². The second kappa shape index (κ2) is 5.54. The zero-order valence-electron chi connectivity index (χ0n) is 12.5. The second-order valence-corrected chi connectivity index (χ2v) is 7.53. The van der Waals surface area contributed by atoms with E-state index in [9.17, 15) is 8.42 Å². The van der Waals surface area contributed by atoms with Crippen molar-refractivity contribution in [3.05, 3.63) is 53.1 Å². The van der Waals surface area contributed by atoms with Gasteiger partial charge < -0.3 is 9.47 Å². The van der Waals surface area contributed by atoms with Crippen molar-refractivity contribution in [2.24, 2.45) is 0 Å². The Morgan fingerprint density at radius 1 is 1.04 bits per heavy atom. The van der Waals surface area contributed by atoms with E-state index in [1.54, 1.807) is 18.2 Å². The molecule has 1 heterocycles. The third kappa shape index (κ3) is 2.68. The molecule has 0 fully saturated rings. The number of fused-ring (bicyclic) bond motifs is 2. The van der Waals surface area contributed by atoms with Gasteiger partial charge in [-0.05, 0) is 48.6 Å². The zero-order chi connectivity index (χ0) is 15.9. The van der Waals surface area contributed by atoms with Gasteiger partial charge in [-0.1, -0.05) is 18.2 Å². The van der Waals surface area contributed by atoms with Gasteiger partial charge in [0.05, 0.1) is 4.90 Å². The molecule has 1 aliphatic carbocycles. The number of para-hydroxylation sites is 1. The molecule has 0 amide bonds. The molecule has 0 atom stereocenters. The molecule has 0 radical (unpaired) electrons. The van der Waals surface area contributed by atoms with Crippen molar-refractivity contribution in [2.75, 3.05) is 6.79 Å². The molecule has 1 N–H and O–H groups in total. The van der Waals surface area contributed by atoms with Gasteiger partial charge in [0.1, 0.15) is 0 Å². The molecule has 0 aromatic heterocycles. The minimum absolute atomic E-state index is 0.171. The van der Waals surface area contributed by atoms with Crippen LogP contribution in [0.3, 0.4) is 0 Å². The van der Waals surface area contributed by atoms with Crippen molar-refractivity contribution < 1.29 is 17.9 Å². The van der Waals surface area contributed by atoms with Crippen LogP contribution in [0.2, 0.25) is 0 Å². The molecule has 0 spiro atoms. The fourth-order valence-electron chi connectivity index (χ4n) is 3.10. The summed E-state index contributed by atoms with van der Waals surface area (Å²) in [7, 11) is -3.54. The lowest BCUT2D eigenvalue weighted by Crippen LogP contribution is -2.23. The zero-order valence-corrected chi connectivity index (χ0v) is 13.4. The number of rotatable bonds is 4. The fourth-order valence-corrected chi connectivity index (χ4v) is 4.16. The molecule has 120 valence electrons. The smallest absolute Gasteiger partial charge is 0.240 e. The van der Waals surface area contributed by atoms with Crippen LogP contribution < -0.4 is 14.2 Å². The Morgan fingerprint density at radius 2 is 1.91 bits per heavy atom. The molecule has 1 aliphatic heterocycles. The second-order valence-electron chi connectivity index (χ2n) is 5.76. The summed E-state index contributed by atoms with van der Waals surface area (Å²) in [5.41, 5.74) is 3.17. The van der Waals surface area contributed by atoms with E-state index in [0.717, 1.165) is 30.4 Å². The van der Waals surface area contributed by atoms with E-state index in [2.05, 4.69) is 4.72 Å². The van der Waals surface area contributed by atoms with Gasteiger partial charge in [0, 0.05) is 12.1 Å². The largest absolute Gasteiger partial charge is 0.454 e. The molecule has 0 unspecified atom stereocenters. The molecule has 2 aromatic carbocycles. The van der Waals surface area contributed by atoms with E-state index in [1.807, 2.05) is 18.2 Å². The predicted molar refractivity (Wildman–Crippen MR) is 85.1 cm³/mol. The van der Waals surface area contributed by atoms with E-state index < -0.39 is 10.0 Å². The van der Waals surface area contributed by atoms with Crippen LogP contribution in [0.15, 0.2) is 41.3 Å². The number of hydrogen-bond acceptors (Lipinski definition) is 4. The molecular weight excluding hydrogens is 314 g/mol. The van der Waals surface area contributed by atoms with Gasteiger partial charge in [-0.3, -0.25) is 0 Å². The van der Waals surface area contributed by atoms with Crippen molar-refractivity contribution in [3.8, 4) is 11.5 Å². The summed E-state index contributed by atoms with van der Waals surface area (Å²) in [5, 5.41) is 0. The average molecular weight is 331 g/mol. The lowest BCUT2D eigenvalue weighted by Gasteiger charge is -2.10. The van der Waals surface area contributed by atoms with Crippen molar-refractivity contribution in [1.82, 2.24) is 4.72 Å². The number of ether oxygens (including phenoxy) is 2. The maximum Gasteiger partial charge on any atom is 0.240 e. The summed E-state index contributed by atoms with van der Waals surface area (Å²) < 4.78 is 38.4. The number of hydrogen-bond donors (Lipinski definition) is 1. The predicted octanol–water partition coefficient (Wildman–Crippen LogP) is 2.38. The lowest BCUT2D eigenvalue weighted by atomic mass is 10.1. The molecule has 0 saturated carbocycles. The molecule has 0 saturated heterocycles. The fraction of sp³-hybridized carbons (Fsp3) is 0.294. The summed E-state index contributed by atoms with van der Waals surface area (Å²) in [5.74, 6) is 1.27. The van der Waals surface area contributed by atoms with Gasteiger partial charge in [-0.25, -0.2) is 13.1 Å². The Kier molecular flexibility index (Phi) is 3.50. The first-order chi connectivity index (χ1) is 11.1. The van der Waals surface area contributed by atoms with Crippen molar-refractivity contribution in [1.29, 1.82) is 0 Å². The summed E-state index contributed by atoms with van der Waals surface area (Å²) in [4.78, 5) is 0.322. The topological polar surface area (TPSA) is 64.6 Å². The number of benzene rings is 2. The van der Waals surface area contributed by atoms with E-state index in [1.165, 1.54) is 5.56 Å². The normalized spacial score (nSPS) is 15.7. The van der Waals surface area contributed by atoms with Crippen molar-refractivity contribution in [3.63, 3.8) is 0 Å². The van der Waals surface area contributed by atoms with Gasteiger partial charge in [0.15, 0.2) is 11.5 Å². The van der Waals surface area contributed by atoms with Crippen LogP contribution in [0.5, 0.6) is 11.5 Å². The van der Waals surface area contributed by atoms with Crippen molar-refractivity contribution >= 4 is 10.0 Å². The quantitative estimate of drug-likeness (QED) is 0.934. The maximum atomic E-state index is 12.5. The highest BCUT2D eigenvalue weighted by Gasteiger charge is 2.21. The summed E-state index contributed by atoms with van der Waals surface area (Å²) in [6, 6.07) is 10.9. The van der Waals surface area contributed by atoms with Gasteiger partial charge >= 0.3 is 0 Å². The Labute approximate surface area is 135 Å². The Hall–Kier alpha value is -2.05. The molecule has 0 bridgehead atoms. The first-order valence-corrected chi connectivity index (χ1v) is 9.11. The van der Waals surface area contributed by atoms with Crippen LogP contribution >= 0.6 is 0 Å². The highest BCUT2D eigenvalue weighted by molar-refractivity contribution is 7.89. The van der Waals surface area contributed by atoms with Crippen LogP contribution in [0.4, 0.5) is 0 Å². The van der Waals surface area contributed by atoms with E-state index in [-0.39, 0.29) is 13.3 Å². The van der Waals surface area contributed by atoms with Crippen LogP contribution in [-0.2, 0) is 29.4 Å². The molecule has 2 aliphatic rings. The minimum atomic E-state index is -3.54. The Bertz CT molecular complexity index is 861. The molecule has 5 nitrogen and oxygen atoms in total. The first-order valence-electron chi connectivity index (χ1n) is 7.62. The third-order valence-electron chi connectivity index (χ3n) is 4.31. The average Bonchev–Trinajstić information content (AvgIpc) is 3.20. The molecule has 2 aromatic rings. The van der Waals surface area contributed by atoms with Gasteiger partial charge in [-0.15, -0.1) is 0 Å². The Morgan fingerprint density at radius 3 is 2.83 bits per heavy atom. The maximum absolute atomic E-state index is 12.5. The van der Waals surface area contributed by atoms with Gasteiger partial charge in [0.25, 0.3) is 0 Å². The summed E-state index contributed by atoms with van der Waals surface area (Å²) in [6.45, 7) is 0.343. The van der Waals surface area contributed by atoms with Crippen molar-refractivity contribution in [2.45, 2.75) is 30.7 Å². The standard InChI is InChI=1S/C17H17NO4S/c19-23(20,15-8-7-12-3-1-4-13(12)9-15)18-10-14-5-2-6-16-17(14)22-11-21-16/h2,5-9,18H,1,3-4,10-11H2. The summed E-state index contributed by atoms with van der Waals surface area (Å²) >= 11 is 0. The molecule has 23 heavy (non-hydrogen) atoms. The number of nitrogens with one attached hydrogen (secondary N) is 1.